The minimum Gasteiger partial charge on any atom is -0.506 e. The van der Waals surface area contributed by atoms with Gasteiger partial charge in [-0.05, 0) is 46.9 Å². The number of halogens is 1. The first-order valence-electron chi connectivity index (χ1n) is 5.47. The predicted octanol–water partition coefficient (Wildman–Crippen LogP) is 3.22. The summed E-state index contributed by atoms with van der Waals surface area (Å²) in [6.07, 6.45) is 0. The van der Waals surface area contributed by atoms with E-state index >= 15 is 0 Å². The van der Waals surface area contributed by atoms with Crippen molar-refractivity contribution in [3.05, 3.63) is 46.0 Å². The average Bonchev–Trinajstić information content (AvgIpc) is 2.36. The number of urea groups is 1. The third-order valence-corrected chi connectivity index (χ3v) is 3.33. The molecule has 0 aromatic heterocycles. The fraction of sp³-hybridized carbons (Fsp3) is 0. The van der Waals surface area contributed by atoms with E-state index in [2.05, 4.69) is 33.2 Å². The smallest absolute Gasteiger partial charge is 0.323 e. The molecule has 2 aromatic carbocycles. The van der Waals surface area contributed by atoms with Crippen molar-refractivity contribution in [1.82, 2.24) is 0 Å². The van der Waals surface area contributed by atoms with Crippen LogP contribution in [0.4, 0.5) is 21.9 Å². The largest absolute Gasteiger partial charge is 0.506 e. The lowest BCUT2D eigenvalue weighted by atomic mass is 10.2. The molecule has 0 aliphatic heterocycles. The monoisotopic (exact) mass is 369 g/mol. The minimum atomic E-state index is -0.427. The summed E-state index contributed by atoms with van der Waals surface area (Å²) in [5, 5.41) is 14.9. The third-order valence-electron chi connectivity index (χ3n) is 2.39. The number of carbonyl (C=O) groups excluding carboxylic acids is 1. The fourth-order valence-corrected chi connectivity index (χ4v) is 2.02. The quantitative estimate of drug-likeness (QED) is 0.372. The summed E-state index contributed by atoms with van der Waals surface area (Å²) in [6, 6.07) is 11.5. The lowest BCUT2D eigenvalue weighted by Gasteiger charge is -2.10. The number of para-hydroxylation sites is 1. The molecule has 5 N–H and O–H groups in total. The van der Waals surface area contributed by atoms with Crippen LogP contribution in [0, 0.1) is 3.57 Å². The van der Waals surface area contributed by atoms with Crippen LogP contribution in [0.2, 0.25) is 0 Å². The molecule has 98 valence electrons. The maximum Gasteiger partial charge on any atom is 0.323 e. The maximum atomic E-state index is 11.8. The van der Waals surface area contributed by atoms with Gasteiger partial charge in [0.2, 0.25) is 0 Å². The van der Waals surface area contributed by atoms with Crippen LogP contribution in [0.15, 0.2) is 42.5 Å². The molecule has 2 aromatic rings. The fourth-order valence-electron chi connectivity index (χ4n) is 1.49. The second kappa shape index (κ2) is 5.79. The first-order valence-corrected chi connectivity index (χ1v) is 6.55. The van der Waals surface area contributed by atoms with Crippen LogP contribution in [-0.2, 0) is 0 Å². The standard InChI is InChI=1S/C13H12IN3O2/c14-9-3-1-2-4-10(9)16-13(19)17-11-6-5-8(15)7-12(11)18/h1-7,18H,15H2,(H2,16,17,19). The van der Waals surface area contributed by atoms with Gasteiger partial charge in [-0.3, -0.25) is 0 Å². The van der Waals surface area contributed by atoms with Gasteiger partial charge in [-0.2, -0.15) is 0 Å². The van der Waals surface area contributed by atoms with Crippen LogP contribution in [0.1, 0.15) is 0 Å². The molecule has 0 aliphatic rings. The number of benzene rings is 2. The topological polar surface area (TPSA) is 87.4 Å². The summed E-state index contributed by atoms with van der Waals surface area (Å²) >= 11 is 2.13. The second-order valence-electron chi connectivity index (χ2n) is 3.84. The molecule has 2 rings (SSSR count). The molecule has 0 saturated carbocycles. The van der Waals surface area contributed by atoms with E-state index in [1.807, 2.05) is 18.2 Å². The van der Waals surface area contributed by atoms with Gasteiger partial charge in [0.1, 0.15) is 5.75 Å². The summed E-state index contributed by atoms with van der Waals surface area (Å²) in [4.78, 5) is 11.8. The molecular formula is C13H12IN3O2. The van der Waals surface area contributed by atoms with Gasteiger partial charge >= 0.3 is 6.03 Å². The van der Waals surface area contributed by atoms with Gasteiger partial charge in [0.15, 0.2) is 0 Å². The maximum absolute atomic E-state index is 11.8. The number of rotatable bonds is 2. The summed E-state index contributed by atoms with van der Waals surface area (Å²) in [6.45, 7) is 0. The second-order valence-corrected chi connectivity index (χ2v) is 5.00. The number of aromatic hydroxyl groups is 1. The van der Waals surface area contributed by atoms with Gasteiger partial charge in [0.05, 0.1) is 11.4 Å². The molecule has 0 bridgehead atoms. The molecule has 0 aliphatic carbocycles. The van der Waals surface area contributed by atoms with E-state index < -0.39 is 6.03 Å². The van der Waals surface area contributed by atoms with Gasteiger partial charge in [0, 0.05) is 15.3 Å². The van der Waals surface area contributed by atoms with E-state index in [9.17, 15) is 9.90 Å². The summed E-state index contributed by atoms with van der Waals surface area (Å²) in [5.41, 5.74) is 6.95. The van der Waals surface area contributed by atoms with Crippen LogP contribution >= 0.6 is 22.6 Å². The van der Waals surface area contributed by atoms with Crippen molar-refractivity contribution in [3.8, 4) is 5.75 Å². The van der Waals surface area contributed by atoms with Crippen molar-refractivity contribution in [2.45, 2.75) is 0 Å². The van der Waals surface area contributed by atoms with Crippen molar-refractivity contribution >= 4 is 45.7 Å². The predicted molar refractivity (Wildman–Crippen MR) is 84.3 cm³/mol. The summed E-state index contributed by atoms with van der Waals surface area (Å²) in [7, 11) is 0. The van der Waals surface area contributed by atoms with Crippen LogP contribution < -0.4 is 16.4 Å². The first-order chi connectivity index (χ1) is 9.06. The zero-order valence-electron chi connectivity index (χ0n) is 9.85. The Kier molecular flexibility index (Phi) is 4.10. The lowest BCUT2D eigenvalue weighted by Crippen LogP contribution is -2.20. The number of nitrogen functional groups attached to an aromatic ring is 1. The highest BCUT2D eigenvalue weighted by Crippen LogP contribution is 2.25. The van der Waals surface area contributed by atoms with Crippen molar-refractivity contribution < 1.29 is 9.90 Å². The van der Waals surface area contributed by atoms with Gasteiger partial charge in [-0.1, -0.05) is 12.1 Å². The number of anilines is 3. The van der Waals surface area contributed by atoms with E-state index in [0.717, 1.165) is 3.57 Å². The number of hydrogen-bond acceptors (Lipinski definition) is 3. The van der Waals surface area contributed by atoms with Crippen LogP contribution in [0.5, 0.6) is 5.75 Å². The molecule has 19 heavy (non-hydrogen) atoms. The number of carbonyl (C=O) groups is 1. The molecule has 0 radical (unpaired) electrons. The number of nitrogens with two attached hydrogens (primary N) is 1. The lowest BCUT2D eigenvalue weighted by molar-refractivity contribution is 0.262. The normalized spacial score (nSPS) is 9.95. The Morgan fingerprint density at radius 2 is 1.79 bits per heavy atom. The van der Waals surface area contributed by atoms with Crippen LogP contribution in [0.3, 0.4) is 0 Å². The molecule has 0 fully saturated rings. The summed E-state index contributed by atoms with van der Waals surface area (Å²) < 4.78 is 0.928. The number of phenols is 1. The van der Waals surface area contributed by atoms with Crippen molar-refractivity contribution in [2.24, 2.45) is 0 Å². The third kappa shape index (κ3) is 3.50. The Bertz CT molecular complexity index is 617. The van der Waals surface area contributed by atoms with E-state index in [1.54, 1.807) is 18.2 Å². The number of hydrogen-bond donors (Lipinski definition) is 4. The SMILES string of the molecule is Nc1ccc(NC(=O)Nc2ccccc2I)c(O)c1. The highest BCUT2D eigenvalue weighted by molar-refractivity contribution is 14.1. The van der Waals surface area contributed by atoms with Crippen molar-refractivity contribution in [3.63, 3.8) is 0 Å². The Labute approximate surface area is 124 Å². The zero-order valence-corrected chi connectivity index (χ0v) is 12.0. The van der Waals surface area contributed by atoms with E-state index in [1.165, 1.54) is 6.07 Å². The van der Waals surface area contributed by atoms with E-state index in [0.29, 0.717) is 17.1 Å². The van der Waals surface area contributed by atoms with Crippen molar-refractivity contribution in [1.29, 1.82) is 0 Å². The zero-order chi connectivity index (χ0) is 13.8. The molecule has 6 heteroatoms. The Hall–Kier alpha value is -1.96. The van der Waals surface area contributed by atoms with Crippen LogP contribution in [0.25, 0.3) is 0 Å². The minimum absolute atomic E-state index is 0.0714. The summed E-state index contributed by atoms with van der Waals surface area (Å²) in [5.74, 6) is -0.0714. The molecule has 2 amide bonds. The Morgan fingerprint density at radius 3 is 2.47 bits per heavy atom. The molecule has 0 heterocycles. The molecule has 0 atom stereocenters. The molecule has 0 spiro atoms. The molecule has 0 unspecified atom stereocenters. The van der Waals surface area contributed by atoms with Gasteiger partial charge < -0.3 is 21.5 Å². The highest BCUT2D eigenvalue weighted by atomic mass is 127. The van der Waals surface area contributed by atoms with Gasteiger partial charge in [-0.25, -0.2) is 4.79 Å². The molecule has 0 saturated heterocycles. The first kappa shape index (κ1) is 13.5. The Morgan fingerprint density at radius 1 is 1.11 bits per heavy atom. The van der Waals surface area contributed by atoms with Crippen LogP contribution in [-0.4, -0.2) is 11.1 Å². The number of nitrogens with one attached hydrogen (secondary N) is 2. The van der Waals surface area contributed by atoms with E-state index in [4.69, 9.17) is 5.73 Å². The van der Waals surface area contributed by atoms with Gasteiger partial charge in [-0.15, -0.1) is 0 Å². The van der Waals surface area contributed by atoms with Crippen molar-refractivity contribution in [2.75, 3.05) is 16.4 Å². The highest BCUT2D eigenvalue weighted by Gasteiger charge is 2.08. The number of amides is 2. The molecule has 5 nitrogen and oxygen atoms in total. The van der Waals surface area contributed by atoms with Gasteiger partial charge in [0.25, 0.3) is 0 Å². The number of phenolic OH excluding ortho intramolecular Hbond substituents is 1. The van der Waals surface area contributed by atoms with E-state index in [-0.39, 0.29) is 5.75 Å². The average molecular weight is 369 g/mol. The molecular weight excluding hydrogens is 357 g/mol. The Balaban J connectivity index is 2.08.